The highest BCUT2D eigenvalue weighted by molar-refractivity contribution is 5.85. The Morgan fingerprint density at radius 2 is 1.91 bits per heavy atom. The van der Waals surface area contributed by atoms with E-state index in [2.05, 4.69) is 22.5 Å². The molecule has 22 heavy (non-hydrogen) atoms. The number of benzene rings is 1. The molecule has 0 unspecified atom stereocenters. The van der Waals surface area contributed by atoms with Crippen LogP contribution in [0.3, 0.4) is 0 Å². The Kier molecular flexibility index (Phi) is 9.13. The molecule has 1 heterocycles. The van der Waals surface area contributed by atoms with Gasteiger partial charge < -0.3 is 10.6 Å². The van der Waals surface area contributed by atoms with Gasteiger partial charge in [0.15, 0.2) is 0 Å². The first-order chi connectivity index (χ1) is 10.3. The second kappa shape index (κ2) is 10.6. The first kappa shape index (κ1) is 18.9. The van der Waals surface area contributed by atoms with Gasteiger partial charge in [-0.2, -0.15) is 0 Å². The number of carbonyl (C=O) groups excluding carboxylic acids is 1. The van der Waals surface area contributed by atoms with Crippen molar-refractivity contribution in [3.05, 3.63) is 35.9 Å². The fourth-order valence-corrected chi connectivity index (χ4v) is 2.75. The molecule has 1 aliphatic rings. The van der Waals surface area contributed by atoms with E-state index < -0.39 is 0 Å². The molecule has 1 aromatic carbocycles. The lowest BCUT2D eigenvalue weighted by Crippen LogP contribution is -2.42. The summed E-state index contributed by atoms with van der Waals surface area (Å²) in [5, 5.41) is 6.41. The molecule has 0 saturated carbocycles. The molecule has 0 aliphatic carbocycles. The number of amides is 1. The Hall–Kier alpha value is -1.10. The van der Waals surface area contributed by atoms with Crippen molar-refractivity contribution in [3.8, 4) is 0 Å². The van der Waals surface area contributed by atoms with Gasteiger partial charge >= 0.3 is 0 Å². The summed E-state index contributed by atoms with van der Waals surface area (Å²) < 4.78 is 0. The third-order valence-electron chi connectivity index (χ3n) is 4.09. The maximum absolute atomic E-state index is 12.0. The molecule has 2 N–H and O–H groups in total. The van der Waals surface area contributed by atoms with Gasteiger partial charge in [0.05, 0.1) is 6.54 Å². The molecule has 1 saturated heterocycles. The summed E-state index contributed by atoms with van der Waals surface area (Å²) >= 11 is 0. The van der Waals surface area contributed by atoms with Crippen molar-refractivity contribution in [2.75, 3.05) is 32.7 Å². The Morgan fingerprint density at radius 3 is 2.55 bits per heavy atom. The molecule has 1 aliphatic heterocycles. The van der Waals surface area contributed by atoms with E-state index in [1.807, 2.05) is 30.3 Å². The maximum Gasteiger partial charge on any atom is 0.234 e. The second-order valence-corrected chi connectivity index (χ2v) is 5.79. The number of rotatable bonds is 7. The lowest BCUT2D eigenvalue weighted by molar-refractivity contribution is -0.122. The molecule has 0 aromatic heterocycles. The molecule has 2 rings (SSSR count). The minimum absolute atomic E-state index is 0. The quantitative estimate of drug-likeness (QED) is 0.806. The largest absolute Gasteiger partial charge is 0.351 e. The van der Waals surface area contributed by atoms with E-state index in [-0.39, 0.29) is 18.3 Å². The van der Waals surface area contributed by atoms with Gasteiger partial charge in [-0.15, -0.1) is 12.4 Å². The van der Waals surface area contributed by atoms with Crippen molar-refractivity contribution in [1.82, 2.24) is 15.5 Å². The molecule has 0 atom stereocenters. The van der Waals surface area contributed by atoms with Gasteiger partial charge in [0, 0.05) is 6.54 Å². The van der Waals surface area contributed by atoms with E-state index in [1.165, 1.54) is 12.8 Å². The molecule has 4 nitrogen and oxygen atoms in total. The number of likely N-dealkylation sites (tertiary alicyclic amines) is 1. The monoisotopic (exact) mass is 325 g/mol. The molecule has 1 aromatic rings. The Morgan fingerprint density at radius 1 is 1.23 bits per heavy atom. The van der Waals surface area contributed by atoms with Gasteiger partial charge in [0.25, 0.3) is 0 Å². The highest BCUT2D eigenvalue weighted by atomic mass is 35.5. The normalized spacial score (nSPS) is 16.0. The van der Waals surface area contributed by atoms with E-state index in [9.17, 15) is 4.79 Å². The zero-order chi connectivity index (χ0) is 14.9. The summed E-state index contributed by atoms with van der Waals surface area (Å²) in [5.41, 5.74) is 1.15. The summed E-state index contributed by atoms with van der Waals surface area (Å²) in [5.74, 6) is 0.901. The van der Waals surface area contributed by atoms with E-state index in [1.54, 1.807) is 0 Å². The molecule has 0 bridgehead atoms. The summed E-state index contributed by atoms with van der Waals surface area (Å²) in [6, 6.07) is 10.1. The van der Waals surface area contributed by atoms with Crippen LogP contribution in [0.25, 0.3) is 0 Å². The first-order valence-corrected chi connectivity index (χ1v) is 8.01. The summed E-state index contributed by atoms with van der Waals surface area (Å²) in [7, 11) is 0. The van der Waals surface area contributed by atoms with Gasteiger partial charge in [-0.1, -0.05) is 37.3 Å². The van der Waals surface area contributed by atoms with Crippen LogP contribution in [0, 0.1) is 5.92 Å². The van der Waals surface area contributed by atoms with Crippen LogP contribution < -0.4 is 10.6 Å². The molecule has 124 valence electrons. The van der Waals surface area contributed by atoms with Gasteiger partial charge in [-0.25, -0.2) is 0 Å². The Labute approximate surface area is 140 Å². The second-order valence-electron chi connectivity index (χ2n) is 5.79. The van der Waals surface area contributed by atoms with Crippen LogP contribution in [-0.4, -0.2) is 43.5 Å². The number of nitrogens with one attached hydrogen (secondary N) is 2. The van der Waals surface area contributed by atoms with E-state index in [0.717, 1.165) is 37.7 Å². The topological polar surface area (TPSA) is 44.4 Å². The van der Waals surface area contributed by atoms with Crippen LogP contribution in [0.1, 0.15) is 25.3 Å². The first-order valence-electron chi connectivity index (χ1n) is 8.01. The number of hydrogen-bond acceptors (Lipinski definition) is 3. The number of halogens is 1. The summed E-state index contributed by atoms with van der Waals surface area (Å²) in [6.07, 6.45) is 2.39. The molecule has 0 radical (unpaired) electrons. The van der Waals surface area contributed by atoms with Crippen molar-refractivity contribution >= 4 is 18.3 Å². The van der Waals surface area contributed by atoms with Crippen molar-refractivity contribution in [1.29, 1.82) is 0 Å². The van der Waals surface area contributed by atoms with Crippen LogP contribution in [0.2, 0.25) is 0 Å². The van der Waals surface area contributed by atoms with Crippen LogP contribution in [0.4, 0.5) is 0 Å². The minimum atomic E-state index is 0. The summed E-state index contributed by atoms with van der Waals surface area (Å²) in [4.78, 5) is 14.2. The number of hydrogen-bond donors (Lipinski definition) is 2. The van der Waals surface area contributed by atoms with Gasteiger partial charge in [-0.3, -0.25) is 9.69 Å². The van der Waals surface area contributed by atoms with Crippen LogP contribution >= 0.6 is 12.4 Å². The lowest BCUT2D eigenvalue weighted by atomic mass is 9.97. The molecule has 1 amide bonds. The third kappa shape index (κ3) is 6.77. The fourth-order valence-electron chi connectivity index (χ4n) is 2.75. The molecule has 0 spiro atoms. The van der Waals surface area contributed by atoms with Gasteiger partial charge in [-0.05, 0) is 50.5 Å². The molecular weight excluding hydrogens is 298 g/mol. The highest BCUT2D eigenvalue weighted by Crippen LogP contribution is 2.15. The zero-order valence-corrected chi connectivity index (χ0v) is 14.2. The van der Waals surface area contributed by atoms with Crippen molar-refractivity contribution in [2.24, 2.45) is 5.92 Å². The number of carbonyl (C=O) groups is 1. The summed E-state index contributed by atoms with van der Waals surface area (Å²) in [6.45, 7) is 7.53. The van der Waals surface area contributed by atoms with E-state index >= 15 is 0 Å². The Bertz CT molecular complexity index is 419. The van der Waals surface area contributed by atoms with E-state index in [0.29, 0.717) is 13.1 Å². The standard InChI is InChI=1S/C17H27N3O.ClH/c1-2-18-12-16-8-10-20(11-9-16)14-17(21)19-13-15-6-4-3-5-7-15;/h3-7,16,18H,2,8-14H2,1H3,(H,19,21);1H. The van der Waals surface area contributed by atoms with Gasteiger partial charge in [0.1, 0.15) is 0 Å². The van der Waals surface area contributed by atoms with Crippen LogP contribution in [-0.2, 0) is 11.3 Å². The Balaban J connectivity index is 0.00000242. The number of nitrogens with zero attached hydrogens (tertiary/aromatic N) is 1. The SMILES string of the molecule is CCNCC1CCN(CC(=O)NCc2ccccc2)CC1.Cl. The smallest absolute Gasteiger partial charge is 0.234 e. The fraction of sp³-hybridized carbons (Fsp3) is 0.588. The lowest BCUT2D eigenvalue weighted by Gasteiger charge is -2.31. The minimum Gasteiger partial charge on any atom is -0.351 e. The predicted molar refractivity (Wildman–Crippen MR) is 93.2 cm³/mol. The average molecular weight is 326 g/mol. The molecule has 5 heteroatoms. The van der Waals surface area contributed by atoms with Gasteiger partial charge in [0.2, 0.25) is 5.91 Å². The highest BCUT2D eigenvalue weighted by Gasteiger charge is 2.20. The molecule has 1 fully saturated rings. The average Bonchev–Trinajstić information content (AvgIpc) is 2.53. The predicted octanol–water partition coefficient (Wildman–Crippen LogP) is 2.05. The van der Waals surface area contributed by atoms with Crippen molar-refractivity contribution in [3.63, 3.8) is 0 Å². The maximum atomic E-state index is 12.0. The zero-order valence-electron chi connectivity index (χ0n) is 13.4. The van der Waals surface area contributed by atoms with Crippen LogP contribution in [0.5, 0.6) is 0 Å². The van der Waals surface area contributed by atoms with E-state index in [4.69, 9.17) is 0 Å². The molecular formula is C17H28ClN3O. The van der Waals surface area contributed by atoms with Crippen molar-refractivity contribution < 1.29 is 4.79 Å². The third-order valence-corrected chi connectivity index (χ3v) is 4.09. The number of piperidine rings is 1. The van der Waals surface area contributed by atoms with Crippen molar-refractivity contribution in [2.45, 2.75) is 26.3 Å². The van der Waals surface area contributed by atoms with Crippen LogP contribution in [0.15, 0.2) is 30.3 Å².